The van der Waals surface area contributed by atoms with Gasteiger partial charge in [-0.15, -0.1) is 0 Å². The highest BCUT2D eigenvalue weighted by molar-refractivity contribution is 5.97. The van der Waals surface area contributed by atoms with Gasteiger partial charge in [-0.2, -0.15) is 0 Å². The normalized spacial score (nSPS) is 28.7. The summed E-state index contributed by atoms with van der Waals surface area (Å²) >= 11 is 0. The molecule has 1 amide bonds. The lowest BCUT2D eigenvalue weighted by atomic mass is 9.79. The summed E-state index contributed by atoms with van der Waals surface area (Å²) in [5.41, 5.74) is 3.03. The molecular weight excluding hydrogens is 378 g/mol. The maximum atomic E-state index is 12.9. The van der Waals surface area contributed by atoms with Crippen LogP contribution in [0.15, 0.2) is 42.5 Å². The second-order valence-corrected chi connectivity index (χ2v) is 9.23. The molecule has 1 saturated heterocycles. The van der Waals surface area contributed by atoms with Gasteiger partial charge in [-0.25, -0.2) is 0 Å². The van der Waals surface area contributed by atoms with E-state index in [0.717, 1.165) is 35.5 Å². The third-order valence-electron chi connectivity index (χ3n) is 6.93. The van der Waals surface area contributed by atoms with Crippen molar-refractivity contribution in [3.63, 3.8) is 0 Å². The number of esters is 1. The van der Waals surface area contributed by atoms with Gasteiger partial charge in [0.2, 0.25) is 5.91 Å². The predicted molar refractivity (Wildman–Crippen MR) is 113 cm³/mol. The molecule has 0 unspecified atom stereocenters. The molecule has 3 fully saturated rings. The summed E-state index contributed by atoms with van der Waals surface area (Å²) in [5.74, 6) is 1.66. The van der Waals surface area contributed by atoms with E-state index in [0.29, 0.717) is 11.6 Å². The van der Waals surface area contributed by atoms with Crippen molar-refractivity contribution < 1.29 is 19.1 Å². The van der Waals surface area contributed by atoms with Crippen LogP contribution in [0.1, 0.15) is 43.7 Å². The molecule has 30 heavy (non-hydrogen) atoms. The van der Waals surface area contributed by atoms with E-state index in [4.69, 9.17) is 9.47 Å². The summed E-state index contributed by atoms with van der Waals surface area (Å²) in [7, 11) is 0. The fraction of sp³-hybridized carbons (Fsp3) is 0.440. The SMILES string of the molecule is Cc1ccc(C(C)C)c(Oc2ccc(NC(=O)[C@H]3[C@H]4C[C@@H]5[C@@H]3C(=O)O[C@@H]5C4)cc2)c1. The lowest BCUT2D eigenvalue weighted by Gasteiger charge is -2.23. The van der Waals surface area contributed by atoms with E-state index in [1.807, 2.05) is 37.3 Å². The second-order valence-electron chi connectivity index (χ2n) is 9.23. The molecule has 1 aliphatic heterocycles. The molecule has 5 rings (SSSR count). The Balaban J connectivity index is 1.28. The Bertz CT molecular complexity index is 995. The number of benzene rings is 2. The van der Waals surface area contributed by atoms with Crippen molar-refractivity contribution in [2.75, 3.05) is 5.32 Å². The standard InChI is InChI=1S/C25H27NO4/c1-13(2)18-9-4-14(3)10-20(18)29-17-7-5-16(6-8-17)26-24(27)22-15-11-19-21(12-15)30-25(28)23(19)22/h4-10,13,15,19,21-23H,11-12H2,1-3H3,(H,26,27)/t15-,19-,21+,22-,23-/m0/s1. The third-order valence-corrected chi connectivity index (χ3v) is 6.93. The number of nitrogens with one attached hydrogen (secondary N) is 1. The molecule has 5 atom stereocenters. The van der Waals surface area contributed by atoms with Gasteiger partial charge in [-0.3, -0.25) is 9.59 Å². The Morgan fingerprint density at radius 1 is 1.13 bits per heavy atom. The van der Waals surface area contributed by atoms with E-state index in [-0.39, 0.29) is 41.7 Å². The Labute approximate surface area is 176 Å². The van der Waals surface area contributed by atoms with Crippen LogP contribution in [0.4, 0.5) is 5.69 Å². The molecule has 1 N–H and O–H groups in total. The first-order chi connectivity index (χ1) is 14.4. The first-order valence-electron chi connectivity index (χ1n) is 10.8. The van der Waals surface area contributed by atoms with E-state index in [1.165, 1.54) is 0 Å². The molecule has 2 aromatic carbocycles. The van der Waals surface area contributed by atoms with E-state index in [2.05, 4.69) is 31.3 Å². The summed E-state index contributed by atoms with van der Waals surface area (Å²) in [6, 6.07) is 13.7. The average Bonchev–Trinajstić information content (AvgIpc) is 3.32. The van der Waals surface area contributed by atoms with E-state index in [9.17, 15) is 9.59 Å². The maximum Gasteiger partial charge on any atom is 0.310 e. The molecule has 5 heteroatoms. The number of ether oxygens (including phenoxy) is 2. The van der Waals surface area contributed by atoms with Crippen LogP contribution < -0.4 is 10.1 Å². The lowest BCUT2D eigenvalue weighted by molar-refractivity contribution is -0.145. The quantitative estimate of drug-likeness (QED) is 0.707. The second kappa shape index (κ2) is 7.15. The van der Waals surface area contributed by atoms with E-state index in [1.54, 1.807) is 0 Å². The zero-order chi connectivity index (χ0) is 21.0. The van der Waals surface area contributed by atoms with Gasteiger partial charge < -0.3 is 14.8 Å². The molecule has 1 heterocycles. The third kappa shape index (κ3) is 3.17. The van der Waals surface area contributed by atoms with E-state index < -0.39 is 0 Å². The predicted octanol–water partition coefficient (Wildman–Crippen LogP) is 5.05. The fourth-order valence-electron chi connectivity index (χ4n) is 5.53. The average molecular weight is 405 g/mol. The van der Waals surface area contributed by atoms with Crippen molar-refractivity contribution in [3.8, 4) is 11.5 Å². The number of hydrogen-bond donors (Lipinski definition) is 1. The molecule has 3 aliphatic rings. The Morgan fingerprint density at radius 2 is 1.90 bits per heavy atom. The summed E-state index contributed by atoms with van der Waals surface area (Å²) in [4.78, 5) is 25.1. The first-order valence-corrected chi connectivity index (χ1v) is 10.8. The van der Waals surface area contributed by atoms with Crippen molar-refractivity contribution in [1.29, 1.82) is 0 Å². The monoisotopic (exact) mass is 405 g/mol. The Morgan fingerprint density at radius 3 is 2.63 bits per heavy atom. The van der Waals surface area contributed by atoms with Crippen molar-refractivity contribution in [1.82, 2.24) is 0 Å². The maximum absolute atomic E-state index is 12.9. The zero-order valence-electron chi connectivity index (χ0n) is 17.6. The van der Waals surface area contributed by atoms with Gasteiger partial charge in [0.15, 0.2) is 0 Å². The lowest BCUT2D eigenvalue weighted by Crippen LogP contribution is -2.35. The number of fused-ring (bicyclic) bond motifs is 1. The van der Waals surface area contributed by atoms with Crippen LogP contribution in [-0.2, 0) is 14.3 Å². The van der Waals surface area contributed by atoms with Crippen molar-refractivity contribution in [2.45, 2.75) is 45.6 Å². The minimum absolute atomic E-state index is 0.0466. The van der Waals surface area contributed by atoms with Crippen LogP contribution in [-0.4, -0.2) is 18.0 Å². The minimum Gasteiger partial charge on any atom is -0.462 e. The Hall–Kier alpha value is -2.82. The molecule has 5 nitrogen and oxygen atoms in total. The van der Waals surface area contributed by atoms with Gasteiger partial charge >= 0.3 is 5.97 Å². The molecule has 0 radical (unpaired) electrons. The molecule has 2 saturated carbocycles. The highest BCUT2D eigenvalue weighted by Gasteiger charge is 2.63. The summed E-state index contributed by atoms with van der Waals surface area (Å²) in [6.07, 6.45) is 1.80. The smallest absolute Gasteiger partial charge is 0.310 e. The number of anilines is 1. The van der Waals surface area contributed by atoms with E-state index >= 15 is 0 Å². The molecule has 156 valence electrons. The van der Waals surface area contributed by atoms with Crippen molar-refractivity contribution in [2.24, 2.45) is 23.7 Å². The molecule has 0 aromatic heterocycles. The highest BCUT2D eigenvalue weighted by atomic mass is 16.6. The van der Waals surface area contributed by atoms with Crippen LogP contribution in [0, 0.1) is 30.6 Å². The number of carbonyl (C=O) groups excluding carboxylic acids is 2. The largest absolute Gasteiger partial charge is 0.462 e. The topological polar surface area (TPSA) is 64.6 Å². The summed E-state index contributed by atoms with van der Waals surface area (Å²) < 4.78 is 11.6. The molecule has 0 spiro atoms. The molecule has 2 bridgehead atoms. The minimum atomic E-state index is -0.266. The number of rotatable bonds is 5. The summed E-state index contributed by atoms with van der Waals surface area (Å²) in [5, 5.41) is 3.00. The van der Waals surface area contributed by atoms with Crippen LogP contribution in [0.25, 0.3) is 0 Å². The highest BCUT2D eigenvalue weighted by Crippen LogP contribution is 2.57. The van der Waals surface area contributed by atoms with Crippen LogP contribution in [0.3, 0.4) is 0 Å². The van der Waals surface area contributed by atoms with Crippen molar-refractivity contribution >= 4 is 17.6 Å². The fourth-order valence-corrected chi connectivity index (χ4v) is 5.53. The molecule has 2 aromatic rings. The van der Waals surface area contributed by atoms with Crippen molar-refractivity contribution in [3.05, 3.63) is 53.6 Å². The number of carbonyl (C=O) groups is 2. The van der Waals surface area contributed by atoms with Gasteiger partial charge in [-0.1, -0.05) is 26.0 Å². The van der Waals surface area contributed by atoms with Crippen LogP contribution in [0.2, 0.25) is 0 Å². The number of aryl methyl sites for hydroxylation is 1. The number of hydrogen-bond acceptors (Lipinski definition) is 4. The molecular formula is C25H27NO4. The Kier molecular flexibility index (Phi) is 4.57. The number of amides is 1. The van der Waals surface area contributed by atoms with Gasteiger partial charge in [0.05, 0.1) is 11.8 Å². The van der Waals surface area contributed by atoms with Gasteiger partial charge in [0, 0.05) is 11.6 Å². The van der Waals surface area contributed by atoms with Crippen LogP contribution in [0.5, 0.6) is 11.5 Å². The van der Waals surface area contributed by atoms with Gasteiger partial charge in [0.1, 0.15) is 17.6 Å². The molecule has 2 aliphatic carbocycles. The summed E-state index contributed by atoms with van der Waals surface area (Å²) in [6.45, 7) is 6.34. The van der Waals surface area contributed by atoms with Crippen LogP contribution >= 0.6 is 0 Å². The zero-order valence-corrected chi connectivity index (χ0v) is 17.6. The van der Waals surface area contributed by atoms with Gasteiger partial charge in [-0.05, 0) is 73.1 Å². The first kappa shape index (κ1) is 19.2. The van der Waals surface area contributed by atoms with Gasteiger partial charge in [0.25, 0.3) is 0 Å².